The van der Waals surface area contributed by atoms with Gasteiger partial charge in [-0.2, -0.15) is 14.6 Å². The van der Waals surface area contributed by atoms with Crippen molar-refractivity contribution in [3.8, 4) is 0 Å². The molecular weight excluding hydrogens is 491 g/mol. The SMILES string of the molecule is O=C(NCc1ccc(F)c(Cl)c1)c1cc(C(=O)NCC23CCC(C(=O)O)(CC2)CC3)n2ncnc2n1. The third-order valence-electron chi connectivity index (χ3n) is 7.63. The molecule has 0 atom stereocenters. The third-order valence-corrected chi connectivity index (χ3v) is 7.92. The number of carbonyl (C=O) groups is 3. The number of hydrogen-bond donors (Lipinski definition) is 3. The molecule has 0 saturated heterocycles. The molecule has 2 amide bonds. The molecule has 3 aromatic rings. The second kappa shape index (κ2) is 9.12. The summed E-state index contributed by atoms with van der Waals surface area (Å²) in [7, 11) is 0. The van der Waals surface area contributed by atoms with Crippen molar-refractivity contribution in [2.75, 3.05) is 6.54 Å². The molecule has 188 valence electrons. The van der Waals surface area contributed by atoms with Gasteiger partial charge in [0.05, 0.1) is 10.4 Å². The summed E-state index contributed by atoms with van der Waals surface area (Å²) in [5, 5.41) is 19.2. The van der Waals surface area contributed by atoms with Crippen LogP contribution in [-0.4, -0.2) is 49.0 Å². The molecule has 6 rings (SSSR count). The van der Waals surface area contributed by atoms with Gasteiger partial charge in [0.15, 0.2) is 0 Å². The van der Waals surface area contributed by atoms with E-state index in [4.69, 9.17) is 11.6 Å². The number of carboxylic acid groups (broad SMARTS) is 1. The van der Waals surface area contributed by atoms with E-state index in [-0.39, 0.29) is 34.1 Å². The van der Waals surface area contributed by atoms with Crippen molar-refractivity contribution in [3.05, 3.63) is 58.4 Å². The van der Waals surface area contributed by atoms with Crippen LogP contribution in [0.25, 0.3) is 5.78 Å². The molecule has 2 aromatic heterocycles. The summed E-state index contributed by atoms with van der Waals surface area (Å²) >= 11 is 5.80. The number of fused-ring (bicyclic) bond motifs is 4. The van der Waals surface area contributed by atoms with Crippen molar-refractivity contribution in [2.24, 2.45) is 10.8 Å². The summed E-state index contributed by atoms with van der Waals surface area (Å²) in [6.45, 7) is 0.493. The normalized spacial score (nSPS) is 22.9. The van der Waals surface area contributed by atoms with Gasteiger partial charge in [0.1, 0.15) is 23.5 Å². The van der Waals surface area contributed by atoms with Crippen molar-refractivity contribution in [1.82, 2.24) is 30.2 Å². The molecule has 0 aliphatic heterocycles. The van der Waals surface area contributed by atoms with Crippen molar-refractivity contribution < 1.29 is 23.9 Å². The topological polar surface area (TPSA) is 139 Å². The van der Waals surface area contributed by atoms with Gasteiger partial charge < -0.3 is 15.7 Å². The standard InChI is InChI=1S/C24H24ClFN6O4/c25-15-9-14(1-2-16(15)26)11-27-19(33)17-10-18(32-22(31-17)29-13-30-32)20(34)28-12-23-3-6-24(7-4-23,8-5-23)21(35)36/h1-2,9-10,13H,3-8,11-12H2,(H,27,33)(H,28,34)(H,35,36). The maximum absolute atomic E-state index is 13.4. The average molecular weight is 515 g/mol. The van der Waals surface area contributed by atoms with Crippen LogP contribution in [-0.2, 0) is 11.3 Å². The molecule has 3 saturated carbocycles. The third kappa shape index (κ3) is 4.39. The minimum Gasteiger partial charge on any atom is -0.481 e. The summed E-state index contributed by atoms with van der Waals surface area (Å²) in [4.78, 5) is 45.8. The number of nitrogens with zero attached hydrogens (tertiary/aromatic N) is 4. The second-order valence-corrected chi connectivity index (χ2v) is 10.1. The maximum Gasteiger partial charge on any atom is 0.309 e. The fraction of sp³-hybridized carbons (Fsp3) is 0.417. The highest BCUT2D eigenvalue weighted by atomic mass is 35.5. The lowest BCUT2D eigenvalue weighted by molar-refractivity contribution is -0.158. The van der Waals surface area contributed by atoms with Crippen LogP contribution in [0, 0.1) is 16.6 Å². The van der Waals surface area contributed by atoms with E-state index in [1.165, 1.54) is 35.1 Å². The van der Waals surface area contributed by atoms with Gasteiger partial charge in [-0.25, -0.2) is 9.37 Å². The Bertz CT molecular complexity index is 1350. The van der Waals surface area contributed by atoms with E-state index in [0.29, 0.717) is 31.4 Å². The number of benzene rings is 1. The monoisotopic (exact) mass is 514 g/mol. The molecule has 12 heteroatoms. The highest BCUT2D eigenvalue weighted by Gasteiger charge is 2.52. The molecular formula is C24H24ClFN6O4. The smallest absolute Gasteiger partial charge is 0.309 e. The van der Waals surface area contributed by atoms with Crippen molar-refractivity contribution >= 4 is 35.2 Å². The van der Waals surface area contributed by atoms with Gasteiger partial charge in [0.2, 0.25) is 0 Å². The number of rotatable bonds is 7. The van der Waals surface area contributed by atoms with Crippen LogP contribution in [0.3, 0.4) is 0 Å². The minimum absolute atomic E-state index is 0.0198. The van der Waals surface area contributed by atoms with Gasteiger partial charge in [0, 0.05) is 19.2 Å². The molecule has 3 N–H and O–H groups in total. The molecule has 2 bridgehead atoms. The van der Waals surface area contributed by atoms with Crippen molar-refractivity contribution in [2.45, 2.75) is 45.1 Å². The summed E-state index contributed by atoms with van der Waals surface area (Å²) in [5.41, 5.74) is -0.0603. The Kier molecular flexibility index (Phi) is 6.11. The van der Waals surface area contributed by atoms with Crippen LogP contribution >= 0.6 is 11.6 Å². The van der Waals surface area contributed by atoms with E-state index < -0.39 is 29.0 Å². The zero-order valence-corrected chi connectivity index (χ0v) is 20.0. The zero-order valence-electron chi connectivity index (χ0n) is 19.3. The fourth-order valence-electron chi connectivity index (χ4n) is 5.22. The van der Waals surface area contributed by atoms with E-state index in [2.05, 4.69) is 25.7 Å². The number of carboxylic acids is 1. The lowest BCUT2D eigenvalue weighted by Crippen LogP contribution is -2.50. The molecule has 36 heavy (non-hydrogen) atoms. The first-order valence-electron chi connectivity index (χ1n) is 11.6. The number of carbonyl (C=O) groups excluding carboxylic acids is 2. The molecule has 3 aliphatic carbocycles. The number of halogens is 2. The van der Waals surface area contributed by atoms with E-state index in [1.54, 1.807) is 0 Å². The fourth-order valence-corrected chi connectivity index (χ4v) is 5.42. The minimum atomic E-state index is -0.724. The zero-order chi connectivity index (χ0) is 25.5. The maximum atomic E-state index is 13.4. The predicted molar refractivity (Wildman–Crippen MR) is 126 cm³/mol. The van der Waals surface area contributed by atoms with Gasteiger partial charge >= 0.3 is 5.97 Å². The van der Waals surface area contributed by atoms with Gasteiger partial charge in [-0.1, -0.05) is 17.7 Å². The van der Waals surface area contributed by atoms with Crippen LogP contribution in [0.2, 0.25) is 5.02 Å². The molecule has 3 aliphatic rings. The van der Waals surface area contributed by atoms with E-state index in [0.717, 1.165) is 19.3 Å². The van der Waals surface area contributed by atoms with Crippen LogP contribution < -0.4 is 10.6 Å². The lowest BCUT2D eigenvalue weighted by Gasteiger charge is -2.51. The molecule has 0 radical (unpaired) electrons. The van der Waals surface area contributed by atoms with Crippen molar-refractivity contribution in [3.63, 3.8) is 0 Å². The first kappa shape index (κ1) is 24.1. The largest absolute Gasteiger partial charge is 0.481 e. The molecule has 2 heterocycles. The first-order valence-corrected chi connectivity index (χ1v) is 12.0. The van der Waals surface area contributed by atoms with Crippen LogP contribution in [0.15, 0.2) is 30.6 Å². The number of aromatic nitrogens is 4. The van der Waals surface area contributed by atoms with Crippen molar-refractivity contribution in [1.29, 1.82) is 0 Å². The molecule has 1 aromatic carbocycles. The summed E-state index contributed by atoms with van der Waals surface area (Å²) in [6.07, 6.45) is 5.33. The number of hydrogen-bond acceptors (Lipinski definition) is 6. The summed E-state index contributed by atoms with van der Waals surface area (Å²) in [5.74, 6) is -2.15. The van der Waals surface area contributed by atoms with Gasteiger partial charge in [-0.15, -0.1) is 0 Å². The Hall–Kier alpha value is -3.60. The highest BCUT2D eigenvalue weighted by molar-refractivity contribution is 6.30. The predicted octanol–water partition coefficient (Wildman–Crippen LogP) is 3.00. The average Bonchev–Trinajstić information content (AvgIpc) is 3.37. The van der Waals surface area contributed by atoms with E-state index in [9.17, 15) is 23.9 Å². The Morgan fingerprint density at radius 3 is 2.44 bits per heavy atom. The number of amides is 2. The van der Waals surface area contributed by atoms with Gasteiger partial charge in [0.25, 0.3) is 17.6 Å². The van der Waals surface area contributed by atoms with Crippen LogP contribution in [0.1, 0.15) is 65.1 Å². The molecule has 0 unspecified atom stereocenters. The Labute approximate surface area is 210 Å². The van der Waals surface area contributed by atoms with E-state index in [1.807, 2.05) is 0 Å². The first-order chi connectivity index (χ1) is 17.2. The summed E-state index contributed by atoms with van der Waals surface area (Å²) in [6, 6.07) is 5.49. The van der Waals surface area contributed by atoms with Gasteiger partial charge in [-0.3, -0.25) is 14.4 Å². The second-order valence-electron chi connectivity index (χ2n) is 9.70. The van der Waals surface area contributed by atoms with Crippen LogP contribution in [0.5, 0.6) is 0 Å². The van der Waals surface area contributed by atoms with Crippen LogP contribution in [0.4, 0.5) is 4.39 Å². The summed E-state index contributed by atoms with van der Waals surface area (Å²) < 4.78 is 14.6. The molecule has 10 nitrogen and oxygen atoms in total. The number of nitrogens with one attached hydrogen (secondary N) is 2. The number of aliphatic carboxylic acids is 1. The van der Waals surface area contributed by atoms with Gasteiger partial charge in [-0.05, 0) is 61.6 Å². The lowest BCUT2D eigenvalue weighted by atomic mass is 9.53. The quantitative estimate of drug-likeness (QED) is 0.440. The Balaban J connectivity index is 1.29. The highest BCUT2D eigenvalue weighted by Crippen LogP contribution is 2.56. The van der Waals surface area contributed by atoms with E-state index >= 15 is 0 Å². The Morgan fingerprint density at radius 1 is 1.06 bits per heavy atom. The Morgan fingerprint density at radius 2 is 1.78 bits per heavy atom. The molecule has 0 spiro atoms. The molecule has 3 fully saturated rings.